The zero-order chi connectivity index (χ0) is 15.9. The number of para-hydroxylation sites is 1. The molecule has 108 valence electrons. The third-order valence-corrected chi connectivity index (χ3v) is 3.60. The molecule has 0 atom stereocenters. The molecular formula is C17H10Cl2N2O. The topological polar surface area (TPSA) is 56.8 Å². The molecule has 0 aliphatic carbocycles. The number of halogens is 2. The highest BCUT2D eigenvalue weighted by atomic mass is 35.5. The van der Waals surface area contributed by atoms with Gasteiger partial charge in [-0.15, -0.1) is 0 Å². The molecule has 0 radical (unpaired) electrons. The van der Waals surface area contributed by atoms with E-state index >= 15 is 0 Å². The fourth-order valence-electron chi connectivity index (χ4n) is 1.80. The van der Waals surface area contributed by atoms with Crippen LogP contribution in [0.15, 0.2) is 48.0 Å². The first kappa shape index (κ1) is 15.9. The second-order valence-electron chi connectivity index (χ2n) is 4.31. The fraction of sp³-hybridized carbons (Fsp3) is 0.0588. The maximum absolute atomic E-state index is 8.84. The molecule has 22 heavy (non-hydrogen) atoms. The first-order valence-electron chi connectivity index (χ1n) is 6.32. The molecule has 3 nitrogen and oxygen atoms in total. The van der Waals surface area contributed by atoms with Crippen LogP contribution in [0.2, 0.25) is 10.0 Å². The fourth-order valence-corrected chi connectivity index (χ4v) is 2.30. The number of ether oxygens (including phenoxy) is 1. The normalized spacial score (nSPS) is 9.45. The molecule has 0 bridgehead atoms. The summed E-state index contributed by atoms with van der Waals surface area (Å²) in [5.74, 6) is 0.543. The largest absolute Gasteiger partial charge is 0.488 e. The van der Waals surface area contributed by atoms with Crippen molar-refractivity contribution < 1.29 is 4.74 Å². The van der Waals surface area contributed by atoms with E-state index in [0.29, 0.717) is 26.9 Å². The molecule has 0 heterocycles. The van der Waals surface area contributed by atoms with Crippen molar-refractivity contribution in [2.24, 2.45) is 0 Å². The average molecular weight is 329 g/mol. The Labute approximate surface area is 138 Å². The van der Waals surface area contributed by atoms with Crippen LogP contribution < -0.4 is 4.74 Å². The second kappa shape index (κ2) is 7.52. The van der Waals surface area contributed by atoms with Gasteiger partial charge in [-0.2, -0.15) is 10.5 Å². The molecule has 2 aromatic rings. The maximum atomic E-state index is 8.84. The lowest BCUT2D eigenvalue weighted by atomic mass is 10.1. The van der Waals surface area contributed by atoms with Crippen molar-refractivity contribution >= 4 is 29.3 Å². The molecule has 0 aliphatic rings. The first-order chi connectivity index (χ1) is 10.7. The highest BCUT2D eigenvalue weighted by Gasteiger charge is 2.08. The van der Waals surface area contributed by atoms with Gasteiger partial charge in [-0.3, -0.25) is 0 Å². The van der Waals surface area contributed by atoms with E-state index in [1.807, 2.05) is 12.1 Å². The Kier molecular flexibility index (Phi) is 5.44. The van der Waals surface area contributed by atoms with Crippen molar-refractivity contribution in [2.45, 2.75) is 6.61 Å². The lowest BCUT2D eigenvalue weighted by molar-refractivity contribution is 0.306. The van der Waals surface area contributed by atoms with E-state index < -0.39 is 0 Å². The van der Waals surface area contributed by atoms with Crippen LogP contribution in [0.3, 0.4) is 0 Å². The number of nitriles is 2. The van der Waals surface area contributed by atoms with Crippen molar-refractivity contribution in [1.29, 1.82) is 10.5 Å². The van der Waals surface area contributed by atoms with E-state index in [1.165, 1.54) is 6.08 Å². The SMILES string of the molecule is N#CC(C#N)=Cc1ccccc1OCc1c(Cl)cccc1Cl. The van der Waals surface area contributed by atoms with Crippen LogP contribution >= 0.6 is 23.2 Å². The molecule has 0 fully saturated rings. The zero-order valence-corrected chi connectivity index (χ0v) is 12.9. The van der Waals surface area contributed by atoms with E-state index in [2.05, 4.69) is 0 Å². The van der Waals surface area contributed by atoms with Crippen LogP contribution in [-0.4, -0.2) is 0 Å². The molecule has 0 amide bonds. The summed E-state index contributed by atoms with van der Waals surface area (Å²) in [6.45, 7) is 0.192. The van der Waals surface area contributed by atoms with Crippen molar-refractivity contribution in [3.05, 3.63) is 69.2 Å². The first-order valence-corrected chi connectivity index (χ1v) is 7.08. The summed E-state index contributed by atoms with van der Waals surface area (Å²) in [6, 6.07) is 16.0. The lowest BCUT2D eigenvalue weighted by Gasteiger charge is -2.11. The molecule has 0 saturated heterocycles. The Hall–Kier alpha value is -2.46. The molecule has 0 aliphatic heterocycles. The maximum Gasteiger partial charge on any atom is 0.130 e. The molecule has 0 spiro atoms. The molecule has 0 unspecified atom stereocenters. The number of rotatable bonds is 4. The third-order valence-electron chi connectivity index (χ3n) is 2.89. The lowest BCUT2D eigenvalue weighted by Crippen LogP contribution is -1.98. The molecule has 0 saturated carbocycles. The van der Waals surface area contributed by atoms with E-state index in [1.54, 1.807) is 42.5 Å². The van der Waals surface area contributed by atoms with Crippen LogP contribution in [0.4, 0.5) is 0 Å². The van der Waals surface area contributed by atoms with Gasteiger partial charge < -0.3 is 4.74 Å². The molecule has 0 aromatic heterocycles. The van der Waals surface area contributed by atoms with Crippen molar-refractivity contribution in [3.8, 4) is 17.9 Å². The van der Waals surface area contributed by atoms with Gasteiger partial charge in [0.2, 0.25) is 0 Å². The standard InChI is InChI=1S/C17H10Cl2N2O/c18-15-5-3-6-16(19)14(15)11-22-17-7-2-1-4-13(17)8-12(9-20)10-21/h1-8H,11H2. The molecule has 5 heteroatoms. The predicted octanol–water partition coefficient (Wildman–Crippen LogP) is 5.00. The molecule has 2 aromatic carbocycles. The van der Waals surface area contributed by atoms with Gasteiger partial charge in [0.1, 0.15) is 30.1 Å². The highest BCUT2D eigenvalue weighted by Crippen LogP contribution is 2.27. The number of hydrogen-bond donors (Lipinski definition) is 0. The van der Waals surface area contributed by atoms with Gasteiger partial charge >= 0.3 is 0 Å². The number of hydrogen-bond acceptors (Lipinski definition) is 3. The minimum atomic E-state index is 0.00632. The quantitative estimate of drug-likeness (QED) is 0.742. The summed E-state index contributed by atoms with van der Waals surface area (Å²) >= 11 is 12.2. The minimum Gasteiger partial charge on any atom is -0.488 e. The average Bonchev–Trinajstić information content (AvgIpc) is 2.53. The van der Waals surface area contributed by atoms with Gasteiger partial charge in [0.25, 0.3) is 0 Å². The Morgan fingerprint density at radius 2 is 1.64 bits per heavy atom. The van der Waals surface area contributed by atoms with Crippen LogP contribution in [0.5, 0.6) is 5.75 Å². The van der Waals surface area contributed by atoms with Gasteiger partial charge in [-0.05, 0) is 24.3 Å². The summed E-state index contributed by atoms with van der Waals surface area (Å²) in [4.78, 5) is 0. The molecule has 2 rings (SSSR count). The predicted molar refractivity (Wildman–Crippen MR) is 86.4 cm³/mol. The monoisotopic (exact) mass is 328 g/mol. The van der Waals surface area contributed by atoms with Crippen molar-refractivity contribution in [2.75, 3.05) is 0 Å². The van der Waals surface area contributed by atoms with Crippen LogP contribution in [0, 0.1) is 22.7 Å². The Bertz CT molecular complexity index is 765. The highest BCUT2D eigenvalue weighted by molar-refractivity contribution is 6.35. The van der Waals surface area contributed by atoms with E-state index in [-0.39, 0.29) is 12.2 Å². The summed E-state index contributed by atoms with van der Waals surface area (Å²) in [5.41, 5.74) is 1.33. The second-order valence-corrected chi connectivity index (χ2v) is 5.12. The Morgan fingerprint density at radius 1 is 1.00 bits per heavy atom. The number of nitrogens with zero attached hydrogens (tertiary/aromatic N) is 2. The van der Waals surface area contributed by atoms with Crippen molar-refractivity contribution in [1.82, 2.24) is 0 Å². The molecular weight excluding hydrogens is 319 g/mol. The third kappa shape index (κ3) is 3.80. The zero-order valence-electron chi connectivity index (χ0n) is 11.4. The van der Waals surface area contributed by atoms with Gasteiger partial charge in [0, 0.05) is 21.2 Å². The van der Waals surface area contributed by atoms with Crippen molar-refractivity contribution in [3.63, 3.8) is 0 Å². The van der Waals surface area contributed by atoms with Crippen LogP contribution in [0.25, 0.3) is 6.08 Å². The minimum absolute atomic E-state index is 0.00632. The van der Waals surface area contributed by atoms with E-state index in [4.69, 9.17) is 38.5 Å². The molecule has 0 N–H and O–H groups in total. The van der Waals surface area contributed by atoms with E-state index in [9.17, 15) is 0 Å². The number of benzene rings is 2. The van der Waals surface area contributed by atoms with Gasteiger partial charge in [0.05, 0.1) is 0 Å². The summed E-state index contributed by atoms with van der Waals surface area (Å²) in [5, 5.41) is 18.7. The van der Waals surface area contributed by atoms with Gasteiger partial charge in [-0.1, -0.05) is 47.5 Å². The van der Waals surface area contributed by atoms with Crippen LogP contribution in [0.1, 0.15) is 11.1 Å². The number of allylic oxidation sites excluding steroid dienone is 1. The summed E-state index contributed by atoms with van der Waals surface area (Å²) in [6.07, 6.45) is 1.48. The van der Waals surface area contributed by atoms with Gasteiger partial charge in [-0.25, -0.2) is 0 Å². The Morgan fingerprint density at radius 3 is 2.27 bits per heavy atom. The Balaban J connectivity index is 2.27. The van der Waals surface area contributed by atoms with Gasteiger partial charge in [0.15, 0.2) is 0 Å². The summed E-state index contributed by atoms with van der Waals surface area (Å²) in [7, 11) is 0. The smallest absolute Gasteiger partial charge is 0.130 e. The summed E-state index contributed by atoms with van der Waals surface area (Å²) < 4.78 is 5.74. The van der Waals surface area contributed by atoms with E-state index in [0.717, 1.165) is 0 Å². The van der Waals surface area contributed by atoms with Crippen LogP contribution in [-0.2, 0) is 6.61 Å².